The number of benzene rings is 1. The number of nitrogens with one attached hydrogen (secondary N) is 2. The van der Waals surface area contributed by atoms with Crippen molar-refractivity contribution in [3.63, 3.8) is 0 Å². The van der Waals surface area contributed by atoms with Gasteiger partial charge in [-0.1, -0.05) is 32.0 Å². The number of hydrogen-bond acceptors (Lipinski definition) is 4. The van der Waals surface area contributed by atoms with Crippen LogP contribution in [0.2, 0.25) is 0 Å². The largest absolute Gasteiger partial charge is 0.351 e. The van der Waals surface area contributed by atoms with Crippen LogP contribution < -0.4 is 16.2 Å². The molecule has 2 aromatic rings. The molecule has 0 aliphatic rings. The molecule has 0 saturated heterocycles. The van der Waals surface area contributed by atoms with Crippen LogP contribution >= 0.6 is 0 Å². The Hall–Kier alpha value is -2.21. The number of nitrogens with zero attached hydrogens (tertiary/aromatic N) is 2. The van der Waals surface area contributed by atoms with Crippen molar-refractivity contribution in [3.8, 4) is 0 Å². The van der Waals surface area contributed by atoms with Crippen molar-refractivity contribution in [2.24, 2.45) is 5.92 Å². The monoisotopic (exact) mass is 316 g/mol. The molecule has 1 heterocycles. The van der Waals surface area contributed by atoms with Crippen LogP contribution in [0.15, 0.2) is 29.1 Å². The van der Waals surface area contributed by atoms with Crippen molar-refractivity contribution in [1.29, 1.82) is 0 Å². The molecule has 1 aromatic carbocycles. The van der Waals surface area contributed by atoms with Crippen LogP contribution in [0.1, 0.15) is 30.8 Å². The highest BCUT2D eigenvalue weighted by molar-refractivity contribution is 6.04. The van der Waals surface area contributed by atoms with E-state index in [-0.39, 0.29) is 17.4 Å². The maximum Gasteiger partial charge on any atom is 0.274 e. The average Bonchev–Trinajstić information content (AvgIpc) is 2.53. The van der Waals surface area contributed by atoms with E-state index in [1.807, 2.05) is 27.0 Å². The molecule has 0 aliphatic heterocycles. The van der Waals surface area contributed by atoms with Crippen molar-refractivity contribution in [2.75, 3.05) is 20.1 Å². The third kappa shape index (κ3) is 4.16. The van der Waals surface area contributed by atoms with Gasteiger partial charge >= 0.3 is 0 Å². The molecule has 0 aliphatic carbocycles. The standard InChI is InChI=1S/C17H24N4O2/c1-12(2)11-21-17(23)14-8-5-4-7-13(14)15(20-21)16(22)19-10-6-9-18-3/h4-5,7-8,12,18H,6,9-11H2,1-3H3,(H,19,22). The van der Waals surface area contributed by atoms with Gasteiger partial charge in [-0.2, -0.15) is 5.10 Å². The van der Waals surface area contributed by atoms with Crippen molar-refractivity contribution in [1.82, 2.24) is 20.4 Å². The zero-order chi connectivity index (χ0) is 16.8. The smallest absolute Gasteiger partial charge is 0.274 e. The van der Waals surface area contributed by atoms with E-state index in [0.29, 0.717) is 29.6 Å². The van der Waals surface area contributed by atoms with E-state index in [2.05, 4.69) is 15.7 Å². The maximum atomic E-state index is 12.5. The summed E-state index contributed by atoms with van der Waals surface area (Å²) in [6, 6.07) is 7.13. The van der Waals surface area contributed by atoms with Gasteiger partial charge in [0.25, 0.3) is 11.5 Å². The Kier molecular flexibility index (Phi) is 5.87. The van der Waals surface area contributed by atoms with E-state index < -0.39 is 0 Å². The van der Waals surface area contributed by atoms with E-state index in [9.17, 15) is 9.59 Å². The molecule has 124 valence electrons. The molecule has 2 rings (SSSR count). The minimum atomic E-state index is -0.241. The lowest BCUT2D eigenvalue weighted by atomic mass is 10.1. The number of fused-ring (bicyclic) bond motifs is 1. The molecule has 0 atom stereocenters. The fraction of sp³-hybridized carbons (Fsp3) is 0.471. The van der Waals surface area contributed by atoms with Gasteiger partial charge < -0.3 is 10.6 Å². The highest BCUT2D eigenvalue weighted by atomic mass is 16.2. The predicted octanol–water partition coefficient (Wildman–Crippen LogP) is 1.39. The van der Waals surface area contributed by atoms with Crippen LogP contribution in [0.5, 0.6) is 0 Å². The molecule has 0 spiro atoms. The summed E-state index contributed by atoms with van der Waals surface area (Å²) in [6.45, 7) is 5.92. The summed E-state index contributed by atoms with van der Waals surface area (Å²) < 4.78 is 1.40. The molecule has 6 heteroatoms. The van der Waals surface area contributed by atoms with Crippen molar-refractivity contribution < 1.29 is 4.79 Å². The number of aromatic nitrogens is 2. The van der Waals surface area contributed by atoms with Crippen LogP contribution in [0.4, 0.5) is 0 Å². The second-order valence-electron chi connectivity index (χ2n) is 5.99. The van der Waals surface area contributed by atoms with Gasteiger partial charge in [-0.15, -0.1) is 0 Å². The van der Waals surface area contributed by atoms with Crippen LogP contribution in [0.3, 0.4) is 0 Å². The Morgan fingerprint density at radius 3 is 2.57 bits per heavy atom. The molecule has 1 amide bonds. The number of amides is 1. The summed E-state index contributed by atoms with van der Waals surface area (Å²) in [5, 5.41) is 11.4. The Labute approximate surface area is 135 Å². The second kappa shape index (κ2) is 7.87. The van der Waals surface area contributed by atoms with Gasteiger partial charge in [0.05, 0.1) is 5.39 Å². The Morgan fingerprint density at radius 2 is 1.91 bits per heavy atom. The van der Waals surface area contributed by atoms with E-state index in [0.717, 1.165) is 13.0 Å². The average molecular weight is 316 g/mol. The SMILES string of the molecule is CNCCCNC(=O)c1nn(CC(C)C)c(=O)c2ccccc12. The van der Waals surface area contributed by atoms with Gasteiger partial charge in [-0.3, -0.25) is 9.59 Å². The molecule has 0 saturated carbocycles. The Balaban J connectivity index is 2.39. The third-order valence-corrected chi connectivity index (χ3v) is 3.51. The summed E-state index contributed by atoms with van der Waals surface area (Å²) >= 11 is 0. The summed E-state index contributed by atoms with van der Waals surface area (Å²) in [5.41, 5.74) is 0.159. The lowest BCUT2D eigenvalue weighted by Crippen LogP contribution is -2.32. The van der Waals surface area contributed by atoms with Crippen LogP contribution in [-0.2, 0) is 6.54 Å². The number of hydrogen-bond donors (Lipinski definition) is 2. The van der Waals surface area contributed by atoms with E-state index in [1.165, 1.54) is 4.68 Å². The molecule has 6 nitrogen and oxygen atoms in total. The summed E-state index contributed by atoms with van der Waals surface area (Å²) in [7, 11) is 1.87. The molecule has 0 fully saturated rings. The molecule has 0 radical (unpaired) electrons. The topological polar surface area (TPSA) is 76.0 Å². The van der Waals surface area contributed by atoms with E-state index in [1.54, 1.807) is 18.2 Å². The third-order valence-electron chi connectivity index (χ3n) is 3.51. The first-order valence-corrected chi connectivity index (χ1v) is 7.97. The molecule has 2 N–H and O–H groups in total. The fourth-order valence-corrected chi connectivity index (χ4v) is 2.42. The first kappa shape index (κ1) is 17.1. The predicted molar refractivity (Wildman–Crippen MR) is 91.7 cm³/mol. The Bertz CT molecular complexity index is 737. The highest BCUT2D eigenvalue weighted by Crippen LogP contribution is 2.13. The second-order valence-corrected chi connectivity index (χ2v) is 5.99. The van der Waals surface area contributed by atoms with Gasteiger partial charge in [0.1, 0.15) is 0 Å². The zero-order valence-electron chi connectivity index (χ0n) is 13.9. The Morgan fingerprint density at radius 1 is 1.22 bits per heavy atom. The minimum absolute atomic E-state index is 0.152. The van der Waals surface area contributed by atoms with E-state index in [4.69, 9.17) is 0 Å². The highest BCUT2D eigenvalue weighted by Gasteiger charge is 2.16. The van der Waals surface area contributed by atoms with Gasteiger partial charge in [0, 0.05) is 18.5 Å². The number of carbonyl (C=O) groups is 1. The number of carbonyl (C=O) groups excluding carboxylic acids is 1. The summed E-state index contributed by atoms with van der Waals surface area (Å²) in [6.07, 6.45) is 0.839. The molecule has 23 heavy (non-hydrogen) atoms. The van der Waals surface area contributed by atoms with Crippen LogP contribution in [0, 0.1) is 5.92 Å². The molecular formula is C17H24N4O2. The van der Waals surface area contributed by atoms with Gasteiger partial charge in [-0.25, -0.2) is 4.68 Å². The first-order chi connectivity index (χ1) is 11.0. The molecule has 0 unspecified atom stereocenters. The van der Waals surface area contributed by atoms with Gasteiger partial charge in [-0.05, 0) is 32.0 Å². The first-order valence-electron chi connectivity index (χ1n) is 7.97. The zero-order valence-corrected chi connectivity index (χ0v) is 13.9. The van der Waals surface area contributed by atoms with Crippen LogP contribution in [-0.4, -0.2) is 35.8 Å². The minimum Gasteiger partial charge on any atom is -0.351 e. The molecule has 0 bridgehead atoms. The lowest BCUT2D eigenvalue weighted by molar-refractivity contribution is 0.0947. The maximum absolute atomic E-state index is 12.5. The van der Waals surface area contributed by atoms with Gasteiger partial charge in [0.15, 0.2) is 5.69 Å². The van der Waals surface area contributed by atoms with Crippen molar-refractivity contribution >= 4 is 16.7 Å². The van der Waals surface area contributed by atoms with Crippen LogP contribution in [0.25, 0.3) is 10.8 Å². The number of rotatable bonds is 7. The fourth-order valence-electron chi connectivity index (χ4n) is 2.42. The quantitative estimate of drug-likeness (QED) is 0.757. The van der Waals surface area contributed by atoms with Gasteiger partial charge in [0.2, 0.25) is 0 Å². The molecular weight excluding hydrogens is 292 g/mol. The summed E-state index contributed by atoms with van der Waals surface area (Å²) in [4.78, 5) is 25.0. The summed E-state index contributed by atoms with van der Waals surface area (Å²) in [5.74, 6) is 0.0303. The van der Waals surface area contributed by atoms with Crippen molar-refractivity contribution in [2.45, 2.75) is 26.8 Å². The lowest BCUT2D eigenvalue weighted by Gasteiger charge is -2.12. The van der Waals surface area contributed by atoms with Crippen molar-refractivity contribution in [3.05, 3.63) is 40.3 Å². The molecule has 1 aromatic heterocycles. The normalized spacial score (nSPS) is 11.1. The van der Waals surface area contributed by atoms with E-state index >= 15 is 0 Å².